The van der Waals surface area contributed by atoms with E-state index in [1.807, 2.05) is 13.8 Å². The fourth-order valence-electron chi connectivity index (χ4n) is 2.90. The zero-order chi connectivity index (χ0) is 13.1. The molecule has 0 saturated heterocycles. The molecule has 1 rings (SSSR count). The Bertz CT molecular complexity index is 230. The molecule has 1 aliphatic carbocycles. The first-order valence-electron chi connectivity index (χ1n) is 7.19. The smallest absolute Gasteiger partial charge is 0.0591 e. The Labute approximate surface area is 107 Å². The summed E-state index contributed by atoms with van der Waals surface area (Å²) < 4.78 is 0. The fraction of sp³-hybridized carbons (Fsp3) is 1.00. The zero-order valence-corrected chi connectivity index (χ0v) is 12.3. The summed E-state index contributed by atoms with van der Waals surface area (Å²) in [6.45, 7) is 10.8. The monoisotopic (exact) mass is 241 g/mol. The van der Waals surface area contributed by atoms with Crippen LogP contribution in [0.4, 0.5) is 0 Å². The van der Waals surface area contributed by atoms with Gasteiger partial charge in [-0.25, -0.2) is 0 Å². The van der Waals surface area contributed by atoms with Crippen molar-refractivity contribution in [2.45, 2.75) is 90.8 Å². The average molecular weight is 241 g/mol. The van der Waals surface area contributed by atoms with Crippen LogP contribution in [0.1, 0.15) is 73.1 Å². The van der Waals surface area contributed by atoms with Crippen LogP contribution >= 0.6 is 0 Å². The summed E-state index contributed by atoms with van der Waals surface area (Å²) in [4.78, 5) is 0. The van der Waals surface area contributed by atoms with Crippen LogP contribution in [-0.2, 0) is 0 Å². The molecule has 2 heteroatoms. The zero-order valence-electron chi connectivity index (χ0n) is 12.3. The largest absolute Gasteiger partial charge is 0.390 e. The van der Waals surface area contributed by atoms with Gasteiger partial charge in [-0.2, -0.15) is 0 Å². The Morgan fingerprint density at radius 1 is 1.41 bits per heavy atom. The topological polar surface area (TPSA) is 32.3 Å². The molecule has 2 unspecified atom stereocenters. The van der Waals surface area contributed by atoms with Crippen LogP contribution in [-0.4, -0.2) is 22.8 Å². The van der Waals surface area contributed by atoms with Crippen molar-refractivity contribution < 1.29 is 5.11 Å². The summed E-state index contributed by atoms with van der Waals surface area (Å²) in [6.07, 6.45) is 7.19. The maximum absolute atomic E-state index is 9.68. The second-order valence-electron chi connectivity index (χ2n) is 7.21. The lowest BCUT2D eigenvalue weighted by Crippen LogP contribution is -2.42. The van der Waals surface area contributed by atoms with Crippen molar-refractivity contribution in [3.05, 3.63) is 0 Å². The van der Waals surface area contributed by atoms with E-state index in [9.17, 15) is 5.11 Å². The van der Waals surface area contributed by atoms with E-state index in [0.717, 1.165) is 19.3 Å². The Morgan fingerprint density at radius 2 is 2.06 bits per heavy atom. The van der Waals surface area contributed by atoms with Crippen molar-refractivity contribution in [3.8, 4) is 0 Å². The summed E-state index contributed by atoms with van der Waals surface area (Å²) >= 11 is 0. The van der Waals surface area contributed by atoms with Gasteiger partial charge in [-0.1, -0.05) is 20.3 Å². The quantitative estimate of drug-likeness (QED) is 0.746. The Morgan fingerprint density at radius 3 is 2.53 bits per heavy atom. The van der Waals surface area contributed by atoms with Gasteiger partial charge in [0.05, 0.1) is 5.60 Å². The van der Waals surface area contributed by atoms with Crippen LogP contribution in [0.5, 0.6) is 0 Å². The molecule has 0 bridgehead atoms. The molecular formula is C15H31NO. The number of nitrogens with one attached hydrogen (secondary N) is 1. The SMILES string of the molecule is CC(CCCC(C)(C)O)NC1CCCC1(C)C. The first kappa shape index (κ1) is 15.0. The van der Waals surface area contributed by atoms with E-state index in [-0.39, 0.29) is 0 Å². The van der Waals surface area contributed by atoms with Crippen molar-refractivity contribution in [1.29, 1.82) is 0 Å². The molecule has 0 aromatic carbocycles. The maximum atomic E-state index is 9.68. The highest BCUT2D eigenvalue weighted by Gasteiger charge is 2.34. The number of hydrogen-bond acceptors (Lipinski definition) is 2. The van der Waals surface area contributed by atoms with E-state index in [4.69, 9.17) is 0 Å². The highest BCUT2D eigenvalue weighted by atomic mass is 16.3. The second-order valence-corrected chi connectivity index (χ2v) is 7.21. The van der Waals surface area contributed by atoms with Gasteiger partial charge in [-0.3, -0.25) is 0 Å². The highest BCUT2D eigenvalue weighted by Crippen LogP contribution is 2.37. The van der Waals surface area contributed by atoms with Gasteiger partial charge in [0.1, 0.15) is 0 Å². The molecule has 17 heavy (non-hydrogen) atoms. The van der Waals surface area contributed by atoms with Gasteiger partial charge in [0, 0.05) is 12.1 Å². The predicted octanol–water partition coefficient (Wildman–Crippen LogP) is 3.48. The van der Waals surface area contributed by atoms with Crippen LogP contribution in [0.2, 0.25) is 0 Å². The third-order valence-corrected chi connectivity index (χ3v) is 4.17. The van der Waals surface area contributed by atoms with Crippen LogP contribution in [0.15, 0.2) is 0 Å². The molecule has 0 heterocycles. The summed E-state index contributed by atoms with van der Waals surface area (Å²) in [7, 11) is 0. The van der Waals surface area contributed by atoms with E-state index in [2.05, 4.69) is 26.1 Å². The normalized spacial score (nSPS) is 26.1. The van der Waals surface area contributed by atoms with Gasteiger partial charge < -0.3 is 10.4 Å². The Hall–Kier alpha value is -0.0800. The Kier molecular flexibility index (Phi) is 5.03. The van der Waals surface area contributed by atoms with Crippen molar-refractivity contribution in [1.82, 2.24) is 5.32 Å². The predicted molar refractivity (Wildman–Crippen MR) is 74.2 cm³/mol. The van der Waals surface area contributed by atoms with Gasteiger partial charge in [0.2, 0.25) is 0 Å². The first-order chi connectivity index (χ1) is 7.71. The number of hydrogen-bond donors (Lipinski definition) is 2. The molecule has 1 saturated carbocycles. The van der Waals surface area contributed by atoms with Gasteiger partial charge in [-0.15, -0.1) is 0 Å². The molecule has 0 aromatic rings. The molecule has 0 amide bonds. The molecule has 0 spiro atoms. The van der Waals surface area contributed by atoms with Crippen molar-refractivity contribution in [2.24, 2.45) is 5.41 Å². The van der Waals surface area contributed by atoms with Gasteiger partial charge in [0.25, 0.3) is 0 Å². The number of rotatable bonds is 6. The van der Waals surface area contributed by atoms with E-state index in [1.54, 1.807) is 0 Å². The van der Waals surface area contributed by atoms with E-state index in [0.29, 0.717) is 17.5 Å². The standard InChI is InChI=1S/C15H31NO/c1-12(8-6-11-15(4,5)17)16-13-9-7-10-14(13,2)3/h12-13,16-17H,6-11H2,1-5H3. The fourth-order valence-corrected chi connectivity index (χ4v) is 2.90. The molecular weight excluding hydrogens is 210 g/mol. The third-order valence-electron chi connectivity index (χ3n) is 4.17. The van der Waals surface area contributed by atoms with Crippen molar-refractivity contribution >= 4 is 0 Å². The van der Waals surface area contributed by atoms with Crippen LogP contribution < -0.4 is 5.32 Å². The highest BCUT2D eigenvalue weighted by molar-refractivity contribution is 4.91. The third kappa shape index (κ3) is 5.39. The van der Waals surface area contributed by atoms with E-state index < -0.39 is 5.60 Å². The molecule has 0 aliphatic heterocycles. The lowest BCUT2D eigenvalue weighted by molar-refractivity contribution is 0.0672. The molecule has 1 fully saturated rings. The van der Waals surface area contributed by atoms with Crippen molar-refractivity contribution in [3.63, 3.8) is 0 Å². The van der Waals surface area contributed by atoms with Gasteiger partial charge in [-0.05, 0) is 58.3 Å². The first-order valence-corrected chi connectivity index (χ1v) is 7.19. The lowest BCUT2D eigenvalue weighted by atomic mass is 9.87. The summed E-state index contributed by atoms with van der Waals surface area (Å²) in [6, 6.07) is 1.25. The summed E-state index contributed by atoms with van der Waals surface area (Å²) in [5.41, 5.74) is -0.0448. The molecule has 2 nitrogen and oxygen atoms in total. The molecule has 102 valence electrons. The molecule has 2 atom stereocenters. The molecule has 1 aliphatic rings. The van der Waals surface area contributed by atoms with Crippen molar-refractivity contribution in [2.75, 3.05) is 0 Å². The minimum atomic E-state index is -0.508. The van der Waals surface area contributed by atoms with Crippen LogP contribution in [0.3, 0.4) is 0 Å². The summed E-state index contributed by atoms with van der Waals surface area (Å²) in [5, 5.41) is 13.5. The maximum Gasteiger partial charge on any atom is 0.0591 e. The van der Waals surface area contributed by atoms with Gasteiger partial charge in [0.15, 0.2) is 0 Å². The average Bonchev–Trinajstić information content (AvgIpc) is 2.43. The summed E-state index contributed by atoms with van der Waals surface area (Å²) in [5.74, 6) is 0. The van der Waals surface area contributed by atoms with Gasteiger partial charge >= 0.3 is 0 Å². The minimum Gasteiger partial charge on any atom is -0.390 e. The van der Waals surface area contributed by atoms with E-state index >= 15 is 0 Å². The number of aliphatic hydroxyl groups is 1. The molecule has 2 N–H and O–H groups in total. The minimum absolute atomic E-state index is 0.463. The van der Waals surface area contributed by atoms with E-state index in [1.165, 1.54) is 19.3 Å². The molecule has 0 aromatic heterocycles. The second kappa shape index (κ2) is 5.71. The van der Waals surface area contributed by atoms with Crippen LogP contribution in [0.25, 0.3) is 0 Å². The Balaban J connectivity index is 2.23. The lowest BCUT2D eigenvalue weighted by Gasteiger charge is -2.31. The van der Waals surface area contributed by atoms with Crippen LogP contribution in [0, 0.1) is 5.41 Å². The molecule has 0 radical (unpaired) electrons.